The minimum absolute atomic E-state index is 0. The van der Waals surface area contributed by atoms with E-state index in [2.05, 4.69) is 17.0 Å². The number of nitrogens with two attached hydrogens (primary N) is 1. The molecule has 136 valence electrons. The van der Waals surface area contributed by atoms with Gasteiger partial charge < -0.3 is 15.5 Å². The topological polar surface area (TPSA) is 49.6 Å². The third-order valence-corrected chi connectivity index (χ3v) is 4.42. The van der Waals surface area contributed by atoms with Crippen molar-refractivity contribution in [1.29, 1.82) is 0 Å². The fraction of sp³-hybridized carbons (Fsp3) is 0.316. The van der Waals surface area contributed by atoms with Crippen molar-refractivity contribution in [2.24, 2.45) is 5.73 Å². The molecule has 1 heterocycles. The zero-order chi connectivity index (χ0) is 16.2. The van der Waals surface area contributed by atoms with Crippen LogP contribution in [-0.2, 0) is 4.79 Å². The van der Waals surface area contributed by atoms with Crippen LogP contribution in [0.1, 0.15) is 17.2 Å². The maximum atomic E-state index is 12.6. The Morgan fingerprint density at radius 3 is 2.04 bits per heavy atom. The second kappa shape index (κ2) is 9.66. The molecule has 25 heavy (non-hydrogen) atoms. The Kier molecular flexibility index (Phi) is 8.23. The Labute approximate surface area is 161 Å². The van der Waals surface area contributed by atoms with Gasteiger partial charge in [0.25, 0.3) is 0 Å². The molecule has 0 aliphatic carbocycles. The number of hydrogen-bond acceptors (Lipinski definition) is 3. The van der Waals surface area contributed by atoms with E-state index in [0.717, 1.165) is 18.7 Å². The number of para-hydroxylation sites is 1. The molecule has 0 spiro atoms. The number of halogens is 2. The quantitative estimate of drug-likeness (QED) is 0.887. The van der Waals surface area contributed by atoms with Crippen molar-refractivity contribution in [3.8, 4) is 0 Å². The molecule has 1 unspecified atom stereocenters. The van der Waals surface area contributed by atoms with E-state index in [1.165, 1.54) is 11.3 Å². The highest BCUT2D eigenvalue weighted by atomic mass is 35.5. The molecule has 1 saturated heterocycles. The monoisotopic (exact) mass is 381 g/mol. The number of nitrogens with zero attached hydrogens (tertiary/aromatic N) is 2. The van der Waals surface area contributed by atoms with E-state index in [-0.39, 0.29) is 30.7 Å². The zero-order valence-corrected chi connectivity index (χ0v) is 15.9. The Hall–Kier alpha value is -1.75. The fourth-order valence-corrected chi connectivity index (χ4v) is 2.94. The Bertz CT molecular complexity index is 656. The highest BCUT2D eigenvalue weighted by Crippen LogP contribution is 2.19. The predicted octanol–water partition coefficient (Wildman–Crippen LogP) is 3.19. The molecule has 1 aliphatic heterocycles. The molecule has 2 aromatic rings. The first-order valence-corrected chi connectivity index (χ1v) is 8.06. The van der Waals surface area contributed by atoms with Gasteiger partial charge in [0.2, 0.25) is 5.91 Å². The molecule has 0 aromatic heterocycles. The second-order valence-corrected chi connectivity index (χ2v) is 6.04. The van der Waals surface area contributed by atoms with Gasteiger partial charge in [-0.15, -0.1) is 24.8 Å². The first-order chi connectivity index (χ1) is 11.1. The van der Waals surface area contributed by atoms with Crippen LogP contribution >= 0.6 is 24.8 Å². The number of anilines is 1. The van der Waals surface area contributed by atoms with Crippen LogP contribution in [0.2, 0.25) is 0 Å². The molecule has 1 fully saturated rings. The Morgan fingerprint density at radius 1 is 0.920 bits per heavy atom. The van der Waals surface area contributed by atoms with Gasteiger partial charge in [0, 0.05) is 31.9 Å². The van der Waals surface area contributed by atoms with Gasteiger partial charge in [-0.05, 0) is 24.6 Å². The van der Waals surface area contributed by atoms with Crippen molar-refractivity contribution < 1.29 is 4.79 Å². The summed E-state index contributed by atoms with van der Waals surface area (Å²) in [5, 5.41) is 0. The van der Waals surface area contributed by atoms with Crippen LogP contribution in [0.15, 0.2) is 54.6 Å². The number of aryl methyl sites for hydroxylation is 1. The van der Waals surface area contributed by atoms with Crippen molar-refractivity contribution in [3.05, 3.63) is 65.7 Å². The molecule has 0 saturated carbocycles. The standard InChI is InChI=1S/C19H23N3O.2ClH/c1-15-7-9-16(10-8-15)18(20)19(23)22-13-11-21(12-14-22)17-5-3-2-4-6-17;;/h2-10,18H,11-14,20H2,1H3;2*1H. The van der Waals surface area contributed by atoms with E-state index < -0.39 is 6.04 Å². The van der Waals surface area contributed by atoms with Crippen molar-refractivity contribution in [2.45, 2.75) is 13.0 Å². The minimum Gasteiger partial charge on any atom is -0.368 e. The Balaban J connectivity index is 0.00000156. The van der Waals surface area contributed by atoms with Crippen LogP contribution in [0, 0.1) is 6.92 Å². The number of benzene rings is 2. The molecule has 2 N–H and O–H groups in total. The van der Waals surface area contributed by atoms with Gasteiger partial charge in [0.05, 0.1) is 0 Å². The van der Waals surface area contributed by atoms with Gasteiger partial charge in [-0.25, -0.2) is 0 Å². The van der Waals surface area contributed by atoms with E-state index in [4.69, 9.17) is 5.73 Å². The fourth-order valence-electron chi connectivity index (χ4n) is 2.94. The van der Waals surface area contributed by atoms with Crippen molar-refractivity contribution in [3.63, 3.8) is 0 Å². The van der Waals surface area contributed by atoms with Gasteiger partial charge >= 0.3 is 0 Å². The average molecular weight is 382 g/mol. The average Bonchev–Trinajstić information content (AvgIpc) is 2.62. The second-order valence-electron chi connectivity index (χ2n) is 6.04. The largest absolute Gasteiger partial charge is 0.368 e. The maximum Gasteiger partial charge on any atom is 0.244 e. The summed E-state index contributed by atoms with van der Waals surface area (Å²) in [4.78, 5) is 16.8. The van der Waals surface area contributed by atoms with Crippen LogP contribution in [0.3, 0.4) is 0 Å². The van der Waals surface area contributed by atoms with Gasteiger partial charge in [-0.3, -0.25) is 4.79 Å². The first kappa shape index (κ1) is 21.3. The normalized spacial score (nSPS) is 15.0. The van der Waals surface area contributed by atoms with Gasteiger partial charge in [-0.1, -0.05) is 48.0 Å². The summed E-state index contributed by atoms with van der Waals surface area (Å²) in [7, 11) is 0. The highest BCUT2D eigenvalue weighted by Gasteiger charge is 2.26. The summed E-state index contributed by atoms with van der Waals surface area (Å²) in [5.41, 5.74) is 9.42. The van der Waals surface area contributed by atoms with E-state index in [9.17, 15) is 4.79 Å². The highest BCUT2D eigenvalue weighted by molar-refractivity contribution is 5.85. The molecule has 0 bridgehead atoms. The van der Waals surface area contributed by atoms with Crippen LogP contribution in [-0.4, -0.2) is 37.0 Å². The number of carbonyl (C=O) groups is 1. The van der Waals surface area contributed by atoms with Gasteiger partial charge in [0.1, 0.15) is 6.04 Å². The van der Waals surface area contributed by atoms with Crippen molar-refractivity contribution in [1.82, 2.24) is 4.90 Å². The molecule has 3 rings (SSSR count). The van der Waals surface area contributed by atoms with Crippen LogP contribution in [0.4, 0.5) is 5.69 Å². The lowest BCUT2D eigenvalue weighted by Gasteiger charge is -2.37. The Morgan fingerprint density at radius 2 is 1.48 bits per heavy atom. The summed E-state index contributed by atoms with van der Waals surface area (Å²) in [6, 6.07) is 17.6. The maximum absolute atomic E-state index is 12.6. The van der Waals surface area contributed by atoms with Crippen LogP contribution in [0.25, 0.3) is 0 Å². The number of amides is 1. The summed E-state index contributed by atoms with van der Waals surface area (Å²) < 4.78 is 0. The summed E-state index contributed by atoms with van der Waals surface area (Å²) in [6.45, 7) is 5.15. The van der Waals surface area contributed by atoms with Crippen molar-refractivity contribution in [2.75, 3.05) is 31.1 Å². The van der Waals surface area contributed by atoms with Gasteiger partial charge in [-0.2, -0.15) is 0 Å². The first-order valence-electron chi connectivity index (χ1n) is 8.06. The SMILES string of the molecule is Cc1ccc(C(N)C(=O)N2CCN(c3ccccc3)CC2)cc1.Cl.Cl. The molecule has 1 aliphatic rings. The molecule has 6 heteroatoms. The third-order valence-electron chi connectivity index (χ3n) is 4.42. The molecule has 1 amide bonds. The van der Waals surface area contributed by atoms with Crippen LogP contribution in [0.5, 0.6) is 0 Å². The van der Waals surface area contributed by atoms with Crippen molar-refractivity contribution >= 4 is 36.4 Å². The predicted molar refractivity (Wildman–Crippen MR) is 108 cm³/mol. The molecular weight excluding hydrogens is 357 g/mol. The summed E-state index contributed by atoms with van der Waals surface area (Å²) in [6.07, 6.45) is 0. The van der Waals surface area contributed by atoms with E-state index >= 15 is 0 Å². The number of hydrogen-bond donors (Lipinski definition) is 1. The van der Waals surface area contributed by atoms with Gasteiger partial charge in [0.15, 0.2) is 0 Å². The summed E-state index contributed by atoms with van der Waals surface area (Å²) in [5.74, 6) is 0.0153. The summed E-state index contributed by atoms with van der Waals surface area (Å²) >= 11 is 0. The molecular formula is C19H25Cl2N3O. The minimum atomic E-state index is -0.570. The molecule has 0 radical (unpaired) electrons. The third kappa shape index (κ3) is 5.11. The van der Waals surface area contributed by atoms with E-state index in [1.807, 2.05) is 54.3 Å². The lowest BCUT2D eigenvalue weighted by atomic mass is 10.0. The van der Waals surface area contributed by atoms with Crippen LogP contribution < -0.4 is 10.6 Å². The number of carbonyl (C=O) groups excluding carboxylic acids is 1. The number of rotatable bonds is 3. The smallest absolute Gasteiger partial charge is 0.244 e. The van der Waals surface area contributed by atoms with E-state index in [1.54, 1.807) is 0 Å². The van der Waals surface area contributed by atoms with E-state index in [0.29, 0.717) is 13.1 Å². The number of piperazine rings is 1. The zero-order valence-electron chi connectivity index (χ0n) is 14.3. The molecule has 2 aromatic carbocycles. The lowest BCUT2D eigenvalue weighted by molar-refractivity contribution is -0.133. The molecule has 1 atom stereocenters. The molecule has 4 nitrogen and oxygen atoms in total. The lowest BCUT2D eigenvalue weighted by Crippen LogP contribution is -2.51.